The number of rotatable bonds is 0. The van der Waals surface area contributed by atoms with Crippen LogP contribution in [0, 0.1) is 0 Å². The van der Waals surface area contributed by atoms with Gasteiger partial charge in [0.05, 0.1) is 0 Å². The van der Waals surface area contributed by atoms with Crippen LogP contribution in [-0.2, 0) is 0 Å². The molecule has 1 fully saturated rings. The van der Waals surface area contributed by atoms with Crippen molar-refractivity contribution in [2.75, 3.05) is 13.1 Å². The summed E-state index contributed by atoms with van der Waals surface area (Å²) in [5.74, 6) is 1.65. The molecule has 1 aromatic heterocycles. The zero-order valence-electron chi connectivity index (χ0n) is 11.2. The smallest absolute Gasteiger partial charge is 0.227 e. The van der Waals surface area contributed by atoms with Crippen molar-refractivity contribution in [2.24, 2.45) is 0 Å². The van der Waals surface area contributed by atoms with Crippen LogP contribution in [0.1, 0.15) is 24.0 Å². The molecule has 2 aliphatic heterocycles. The summed E-state index contributed by atoms with van der Waals surface area (Å²) >= 11 is 0. The second kappa shape index (κ2) is 4.76. The predicted molar refractivity (Wildman–Crippen MR) is 78.9 cm³/mol. The molecular formula is C17H16N2O. The van der Waals surface area contributed by atoms with Crippen molar-refractivity contribution < 1.29 is 4.74 Å². The van der Waals surface area contributed by atoms with Gasteiger partial charge in [-0.2, -0.15) is 0 Å². The second-order valence-corrected chi connectivity index (χ2v) is 5.18. The number of hydrogen-bond acceptors (Lipinski definition) is 3. The summed E-state index contributed by atoms with van der Waals surface area (Å²) in [4.78, 5) is 4.39. The molecule has 0 spiro atoms. The van der Waals surface area contributed by atoms with Crippen LogP contribution >= 0.6 is 0 Å². The largest absolute Gasteiger partial charge is 0.438 e. The molecule has 0 aliphatic carbocycles. The highest BCUT2D eigenvalue weighted by atomic mass is 16.5. The lowest BCUT2D eigenvalue weighted by Gasteiger charge is -2.26. The van der Waals surface area contributed by atoms with Crippen molar-refractivity contribution in [2.45, 2.75) is 12.8 Å². The molecule has 0 amide bonds. The quantitative estimate of drug-likeness (QED) is 0.676. The van der Waals surface area contributed by atoms with Crippen LogP contribution in [0.25, 0.3) is 5.57 Å². The maximum absolute atomic E-state index is 5.94. The predicted octanol–water partition coefficient (Wildman–Crippen LogP) is 3.37. The van der Waals surface area contributed by atoms with Gasteiger partial charge < -0.3 is 10.1 Å². The summed E-state index contributed by atoms with van der Waals surface area (Å²) in [5.41, 5.74) is 5.17. The Kier molecular flexibility index (Phi) is 2.78. The van der Waals surface area contributed by atoms with Crippen LogP contribution < -0.4 is 10.1 Å². The first-order chi connectivity index (χ1) is 9.93. The van der Waals surface area contributed by atoms with Crippen molar-refractivity contribution >= 4 is 5.57 Å². The van der Waals surface area contributed by atoms with Gasteiger partial charge in [-0.25, -0.2) is 4.98 Å². The number of benzene rings is 1. The molecule has 3 heterocycles. The van der Waals surface area contributed by atoms with Crippen molar-refractivity contribution in [1.82, 2.24) is 10.3 Å². The number of aromatic nitrogens is 1. The molecule has 0 radical (unpaired) electrons. The van der Waals surface area contributed by atoms with E-state index in [0.29, 0.717) is 0 Å². The maximum Gasteiger partial charge on any atom is 0.227 e. The van der Waals surface area contributed by atoms with Crippen LogP contribution in [0.15, 0.2) is 48.2 Å². The van der Waals surface area contributed by atoms with Crippen LogP contribution in [0.4, 0.5) is 0 Å². The fraction of sp³-hybridized carbons (Fsp3) is 0.235. The van der Waals surface area contributed by atoms with E-state index < -0.39 is 0 Å². The number of pyridine rings is 1. The van der Waals surface area contributed by atoms with E-state index in [9.17, 15) is 0 Å². The number of para-hydroxylation sites is 1. The Morgan fingerprint density at radius 1 is 0.950 bits per heavy atom. The first-order valence-electron chi connectivity index (χ1n) is 7.09. The standard InChI is InChI=1S/C17H16N2O/c1-2-6-15-13(4-1)16(12-7-10-18-11-8-12)14-5-3-9-19-17(14)20-15/h1-6,9,18H,7-8,10-11H2. The molecule has 1 aromatic carbocycles. The van der Waals surface area contributed by atoms with E-state index in [2.05, 4.69) is 28.5 Å². The van der Waals surface area contributed by atoms with E-state index in [1.54, 1.807) is 6.20 Å². The Morgan fingerprint density at radius 2 is 1.75 bits per heavy atom. The van der Waals surface area contributed by atoms with E-state index in [4.69, 9.17) is 4.74 Å². The summed E-state index contributed by atoms with van der Waals surface area (Å²) < 4.78 is 5.94. The average Bonchev–Trinajstić information content (AvgIpc) is 2.53. The van der Waals surface area contributed by atoms with Crippen LogP contribution in [0.5, 0.6) is 11.6 Å². The molecule has 20 heavy (non-hydrogen) atoms. The highest BCUT2D eigenvalue weighted by molar-refractivity contribution is 5.89. The van der Waals surface area contributed by atoms with Gasteiger partial charge in [0.2, 0.25) is 5.88 Å². The van der Waals surface area contributed by atoms with Gasteiger partial charge in [-0.15, -0.1) is 0 Å². The van der Waals surface area contributed by atoms with Gasteiger partial charge in [0.25, 0.3) is 0 Å². The van der Waals surface area contributed by atoms with Crippen molar-refractivity contribution in [3.05, 3.63) is 59.3 Å². The number of ether oxygens (including phenoxy) is 1. The Bertz CT molecular complexity index is 635. The highest BCUT2D eigenvalue weighted by Gasteiger charge is 2.25. The molecule has 2 aliphatic rings. The third-order valence-corrected chi connectivity index (χ3v) is 3.96. The molecule has 0 unspecified atom stereocenters. The summed E-state index contributed by atoms with van der Waals surface area (Å²) in [6.07, 6.45) is 3.98. The molecule has 1 saturated heterocycles. The Hall–Kier alpha value is -2.13. The van der Waals surface area contributed by atoms with E-state index >= 15 is 0 Å². The third kappa shape index (κ3) is 1.82. The van der Waals surface area contributed by atoms with Crippen molar-refractivity contribution in [3.63, 3.8) is 0 Å². The SMILES string of the molecule is c1ccc2c(c1)Oc1ncccc1C2=C1CCNCC1. The molecule has 2 aromatic rings. The van der Waals surface area contributed by atoms with Crippen LogP contribution in [0.2, 0.25) is 0 Å². The minimum atomic E-state index is 0.729. The highest BCUT2D eigenvalue weighted by Crippen LogP contribution is 2.44. The number of piperidine rings is 1. The van der Waals surface area contributed by atoms with Crippen molar-refractivity contribution in [1.29, 1.82) is 0 Å². The molecule has 4 rings (SSSR count). The van der Waals surface area contributed by atoms with Crippen molar-refractivity contribution in [3.8, 4) is 11.6 Å². The Labute approximate surface area is 118 Å². The third-order valence-electron chi connectivity index (χ3n) is 3.96. The Morgan fingerprint density at radius 3 is 2.65 bits per heavy atom. The average molecular weight is 264 g/mol. The molecule has 0 bridgehead atoms. The molecule has 0 atom stereocenters. The maximum atomic E-state index is 5.94. The summed E-state index contributed by atoms with van der Waals surface area (Å²) in [6, 6.07) is 12.4. The van der Waals surface area contributed by atoms with Gasteiger partial charge in [0.1, 0.15) is 5.75 Å². The first-order valence-corrected chi connectivity index (χ1v) is 7.09. The zero-order chi connectivity index (χ0) is 13.4. The van der Waals surface area contributed by atoms with E-state index in [1.165, 1.54) is 16.7 Å². The summed E-state index contributed by atoms with van der Waals surface area (Å²) in [5, 5.41) is 3.42. The van der Waals surface area contributed by atoms with Gasteiger partial charge in [-0.1, -0.05) is 23.8 Å². The lowest BCUT2D eigenvalue weighted by molar-refractivity contribution is 0.453. The fourth-order valence-corrected chi connectivity index (χ4v) is 3.03. The van der Waals surface area contributed by atoms with Gasteiger partial charge in [-0.05, 0) is 49.7 Å². The minimum absolute atomic E-state index is 0.729. The lowest BCUT2D eigenvalue weighted by atomic mass is 9.87. The topological polar surface area (TPSA) is 34.1 Å². The molecule has 100 valence electrons. The molecule has 3 nitrogen and oxygen atoms in total. The van der Waals surface area contributed by atoms with Gasteiger partial charge in [0, 0.05) is 17.3 Å². The fourth-order valence-electron chi connectivity index (χ4n) is 3.03. The van der Waals surface area contributed by atoms with E-state index in [-0.39, 0.29) is 0 Å². The molecule has 0 saturated carbocycles. The van der Waals surface area contributed by atoms with E-state index in [0.717, 1.165) is 43.1 Å². The number of hydrogen-bond donors (Lipinski definition) is 1. The Balaban J connectivity index is 1.97. The molecular weight excluding hydrogens is 248 g/mol. The number of nitrogens with one attached hydrogen (secondary N) is 1. The molecule has 3 heteroatoms. The van der Waals surface area contributed by atoms with Gasteiger partial charge >= 0.3 is 0 Å². The minimum Gasteiger partial charge on any atom is -0.438 e. The second-order valence-electron chi connectivity index (χ2n) is 5.18. The summed E-state index contributed by atoms with van der Waals surface area (Å²) in [6.45, 7) is 2.11. The normalized spacial score (nSPS) is 17.2. The van der Waals surface area contributed by atoms with Crippen LogP contribution in [0.3, 0.4) is 0 Å². The lowest BCUT2D eigenvalue weighted by Crippen LogP contribution is -2.24. The van der Waals surface area contributed by atoms with E-state index in [1.807, 2.05) is 18.2 Å². The zero-order valence-corrected chi connectivity index (χ0v) is 11.2. The summed E-state index contributed by atoms with van der Waals surface area (Å²) in [7, 11) is 0. The number of fused-ring (bicyclic) bond motifs is 2. The van der Waals surface area contributed by atoms with Gasteiger partial charge in [0.15, 0.2) is 0 Å². The van der Waals surface area contributed by atoms with Crippen LogP contribution in [-0.4, -0.2) is 18.1 Å². The number of nitrogens with zero attached hydrogens (tertiary/aromatic N) is 1. The molecule has 1 N–H and O–H groups in total. The monoisotopic (exact) mass is 264 g/mol. The van der Waals surface area contributed by atoms with Gasteiger partial charge in [-0.3, -0.25) is 0 Å². The first kappa shape index (κ1) is 11.7.